The third-order valence-corrected chi connectivity index (χ3v) is 4.03. The van der Waals surface area contributed by atoms with Gasteiger partial charge in [-0.25, -0.2) is 4.39 Å². The van der Waals surface area contributed by atoms with E-state index in [9.17, 15) is 9.18 Å². The molecule has 28 heavy (non-hydrogen) atoms. The highest BCUT2D eigenvalue weighted by molar-refractivity contribution is 6.04. The molecule has 0 aliphatic heterocycles. The van der Waals surface area contributed by atoms with Crippen molar-refractivity contribution in [3.8, 4) is 17.2 Å². The zero-order valence-electron chi connectivity index (χ0n) is 15.6. The van der Waals surface area contributed by atoms with Crippen molar-refractivity contribution in [2.45, 2.75) is 6.61 Å². The summed E-state index contributed by atoms with van der Waals surface area (Å²) in [7, 11) is 3.05. The summed E-state index contributed by atoms with van der Waals surface area (Å²) in [5, 5.41) is 2.84. The minimum Gasteiger partial charge on any atom is -0.493 e. The van der Waals surface area contributed by atoms with E-state index in [2.05, 4.69) is 5.32 Å². The largest absolute Gasteiger partial charge is 0.493 e. The van der Waals surface area contributed by atoms with Gasteiger partial charge in [0.05, 0.1) is 14.2 Å². The van der Waals surface area contributed by atoms with E-state index >= 15 is 0 Å². The van der Waals surface area contributed by atoms with Crippen molar-refractivity contribution in [2.75, 3.05) is 19.5 Å². The Bertz CT molecular complexity index is 974. The fourth-order valence-corrected chi connectivity index (χ4v) is 2.64. The van der Waals surface area contributed by atoms with Crippen molar-refractivity contribution in [1.29, 1.82) is 0 Å². The Balaban J connectivity index is 1.67. The van der Waals surface area contributed by atoms with Crippen molar-refractivity contribution in [3.63, 3.8) is 0 Å². The molecule has 0 bridgehead atoms. The van der Waals surface area contributed by atoms with Gasteiger partial charge in [-0.2, -0.15) is 0 Å². The topological polar surface area (TPSA) is 56.8 Å². The number of nitrogens with one attached hydrogen (secondary N) is 1. The van der Waals surface area contributed by atoms with Crippen molar-refractivity contribution >= 4 is 11.6 Å². The molecule has 6 heteroatoms. The summed E-state index contributed by atoms with van der Waals surface area (Å²) < 4.78 is 29.2. The van der Waals surface area contributed by atoms with Gasteiger partial charge < -0.3 is 19.5 Å². The van der Waals surface area contributed by atoms with Gasteiger partial charge >= 0.3 is 0 Å². The van der Waals surface area contributed by atoms with Gasteiger partial charge in [-0.1, -0.05) is 18.2 Å². The molecular formula is C22H20FNO4. The molecule has 3 aromatic carbocycles. The van der Waals surface area contributed by atoms with E-state index < -0.39 is 0 Å². The van der Waals surface area contributed by atoms with E-state index in [0.29, 0.717) is 28.5 Å². The van der Waals surface area contributed by atoms with Gasteiger partial charge in [-0.05, 0) is 48.0 Å². The molecule has 0 aliphatic carbocycles. The molecule has 0 aromatic heterocycles. The summed E-state index contributed by atoms with van der Waals surface area (Å²) in [5.74, 6) is 0.847. The zero-order chi connectivity index (χ0) is 19.9. The minimum atomic E-state index is -0.353. The first-order valence-corrected chi connectivity index (χ1v) is 8.59. The molecule has 0 spiro atoms. The average molecular weight is 381 g/mol. The van der Waals surface area contributed by atoms with Crippen LogP contribution in [0.3, 0.4) is 0 Å². The van der Waals surface area contributed by atoms with E-state index in [1.807, 2.05) is 12.1 Å². The smallest absolute Gasteiger partial charge is 0.255 e. The molecular weight excluding hydrogens is 361 g/mol. The summed E-state index contributed by atoms with van der Waals surface area (Å²) in [4.78, 5) is 12.5. The normalized spacial score (nSPS) is 10.2. The van der Waals surface area contributed by atoms with E-state index in [0.717, 1.165) is 5.56 Å². The molecule has 1 N–H and O–H groups in total. The van der Waals surface area contributed by atoms with Crippen LogP contribution in [0.5, 0.6) is 17.2 Å². The number of amides is 1. The zero-order valence-corrected chi connectivity index (χ0v) is 15.6. The standard InChI is InChI=1S/C22H20FNO4/c1-26-20-10-9-16(12-21(20)27-2)22(25)24-18-7-3-5-15(11-18)14-28-19-8-4-6-17(23)13-19/h3-13H,14H2,1-2H3,(H,24,25). The summed E-state index contributed by atoms with van der Waals surface area (Å²) in [6.45, 7) is 0.253. The van der Waals surface area contributed by atoms with Crippen LogP contribution in [0.2, 0.25) is 0 Å². The number of halogens is 1. The lowest BCUT2D eigenvalue weighted by Crippen LogP contribution is -2.12. The SMILES string of the molecule is COc1ccc(C(=O)Nc2cccc(COc3cccc(F)c3)c2)cc1OC. The molecule has 0 aliphatic rings. The van der Waals surface area contributed by atoms with Gasteiger partial charge in [0, 0.05) is 17.3 Å². The van der Waals surface area contributed by atoms with Crippen LogP contribution in [-0.4, -0.2) is 20.1 Å². The van der Waals surface area contributed by atoms with Crippen LogP contribution in [0.1, 0.15) is 15.9 Å². The van der Waals surface area contributed by atoms with Gasteiger partial charge in [0.1, 0.15) is 18.2 Å². The average Bonchev–Trinajstić information content (AvgIpc) is 2.72. The molecule has 0 saturated heterocycles. The summed E-state index contributed by atoms with van der Waals surface area (Å²) in [6.07, 6.45) is 0. The van der Waals surface area contributed by atoms with Crippen LogP contribution >= 0.6 is 0 Å². The van der Waals surface area contributed by atoms with Crippen LogP contribution in [0.25, 0.3) is 0 Å². The first-order chi connectivity index (χ1) is 13.6. The first-order valence-electron chi connectivity index (χ1n) is 8.59. The molecule has 144 valence electrons. The number of hydrogen-bond acceptors (Lipinski definition) is 4. The molecule has 0 fully saturated rings. The predicted octanol–water partition coefficient (Wildman–Crippen LogP) is 4.67. The molecule has 1 amide bonds. The number of benzene rings is 3. The van der Waals surface area contributed by atoms with Gasteiger partial charge in [0.2, 0.25) is 0 Å². The highest BCUT2D eigenvalue weighted by Gasteiger charge is 2.11. The van der Waals surface area contributed by atoms with Crippen molar-refractivity contribution < 1.29 is 23.4 Å². The van der Waals surface area contributed by atoms with Gasteiger partial charge in [0.25, 0.3) is 5.91 Å². The fraction of sp³-hybridized carbons (Fsp3) is 0.136. The lowest BCUT2D eigenvalue weighted by Gasteiger charge is -2.11. The third kappa shape index (κ3) is 4.79. The number of ether oxygens (including phenoxy) is 3. The second-order valence-electron chi connectivity index (χ2n) is 5.97. The molecule has 5 nitrogen and oxygen atoms in total. The monoisotopic (exact) mass is 381 g/mol. The Labute approximate surface area is 162 Å². The maximum absolute atomic E-state index is 13.2. The van der Waals surface area contributed by atoms with Crippen molar-refractivity contribution in [1.82, 2.24) is 0 Å². The molecule has 0 unspecified atom stereocenters. The number of carbonyl (C=O) groups excluding carboxylic acids is 1. The Morgan fingerprint density at radius 3 is 2.46 bits per heavy atom. The lowest BCUT2D eigenvalue weighted by molar-refractivity contribution is 0.102. The predicted molar refractivity (Wildman–Crippen MR) is 105 cm³/mol. The summed E-state index contributed by atoms with van der Waals surface area (Å²) in [6, 6.07) is 18.2. The Hall–Kier alpha value is -3.54. The van der Waals surface area contributed by atoms with Crippen molar-refractivity contribution in [3.05, 3.63) is 83.7 Å². The van der Waals surface area contributed by atoms with Crippen LogP contribution < -0.4 is 19.5 Å². The Kier molecular flexibility index (Phi) is 6.11. The molecule has 3 rings (SSSR count). The Morgan fingerprint density at radius 1 is 0.929 bits per heavy atom. The molecule has 0 radical (unpaired) electrons. The number of anilines is 1. The molecule has 3 aromatic rings. The van der Waals surface area contributed by atoms with Crippen molar-refractivity contribution in [2.24, 2.45) is 0 Å². The van der Waals surface area contributed by atoms with E-state index in [-0.39, 0.29) is 18.3 Å². The number of hydrogen-bond donors (Lipinski definition) is 1. The van der Waals surface area contributed by atoms with E-state index in [1.165, 1.54) is 26.4 Å². The van der Waals surface area contributed by atoms with Crippen LogP contribution in [0.4, 0.5) is 10.1 Å². The van der Waals surface area contributed by atoms with E-state index in [1.54, 1.807) is 42.5 Å². The minimum absolute atomic E-state index is 0.253. The van der Waals surface area contributed by atoms with Crippen LogP contribution in [0.15, 0.2) is 66.7 Å². The molecule has 0 saturated carbocycles. The van der Waals surface area contributed by atoms with Gasteiger partial charge in [-0.15, -0.1) is 0 Å². The van der Waals surface area contributed by atoms with Gasteiger partial charge in [-0.3, -0.25) is 4.79 Å². The van der Waals surface area contributed by atoms with Gasteiger partial charge in [0.15, 0.2) is 11.5 Å². The maximum atomic E-state index is 13.2. The summed E-state index contributed by atoms with van der Waals surface area (Å²) >= 11 is 0. The summed E-state index contributed by atoms with van der Waals surface area (Å²) in [5.41, 5.74) is 1.91. The second-order valence-corrected chi connectivity index (χ2v) is 5.97. The number of rotatable bonds is 7. The highest BCUT2D eigenvalue weighted by Crippen LogP contribution is 2.28. The Morgan fingerprint density at radius 2 is 1.71 bits per heavy atom. The molecule has 0 atom stereocenters. The van der Waals surface area contributed by atoms with E-state index in [4.69, 9.17) is 14.2 Å². The second kappa shape index (κ2) is 8.90. The quantitative estimate of drug-likeness (QED) is 0.646. The fourth-order valence-electron chi connectivity index (χ4n) is 2.64. The number of carbonyl (C=O) groups is 1. The molecule has 0 heterocycles. The van der Waals surface area contributed by atoms with Crippen LogP contribution in [-0.2, 0) is 6.61 Å². The third-order valence-electron chi connectivity index (χ3n) is 4.03. The first kappa shape index (κ1) is 19.2. The number of methoxy groups -OCH3 is 2. The maximum Gasteiger partial charge on any atom is 0.255 e. The van der Waals surface area contributed by atoms with Crippen LogP contribution in [0, 0.1) is 5.82 Å². The lowest BCUT2D eigenvalue weighted by atomic mass is 10.1. The highest BCUT2D eigenvalue weighted by atomic mass is 19.1.